The number of aliphatic carboxylic acids is 2. The lowest BCUT2D eigenvalue weighted by atomic mass is 10.2. The van der Waals surface area contributed by atoms with Crippen LogP contribution in [0, 0.1) is 0 Å². The fraction of sp³-hybridized carbons (Fsp3) is 0.700. The Morgan fingerprint density at radius 1 is 1.37 bits per heavy atom. The number of rotatable bonds is 5. The fourth-order valence-corrected chi connectivity index (χ4v) is 1.63. The summed E-state index contributed by atoms with van der Waals surface area (Å²) in [5, 5.41) is 28.4. The Kier molecular flexibility index (Phi) is 5.52. The maximum absolute atomic E-state index is 11.8. The lowest BCUT2D eigenvalue weighted by Gasteiger charge is -2.32. The summed E-state index contributed by atoms with van der Waals surface area (Å²) in [5.74, 6) is -2.73. The van der Waals surface area contributed by atoms with Crippen molar-refractivity contribution in [2.75, 3.05) is 26.3 Å². The molecule has 0 aliphatic carbocycles. The van der Waals surface area contributed by atoms with Crippen molar-refractivity contribution in [3.05, 3.63) is 0 Å². The van der Waals surface area contributed by atoms with E-state index < -0.39 is 36.5 Å². The Balaban J connectivity index is 2.56. The number of nitrogens with one attached hydrogen (secondary N) is 1. The molecule has 1 aliphatic rings. The number of hydrogen-bond donors (Lipinski definition) is 4. The molecule has 9 heteroatoms. The van der Waals surface area contributed by atoms with E-state index in [9.17, 15) is 14.4 Å². The molecule has 4 N–H and O–H groups in total. The molecule has 2 unspecified atom stereocenters. The normalized spacial score (nSPS) is 20.7. The molecule has 1 saturated heterocycles. The number of ether oxygens (including phenoxy) is 1. The minimum Gasteiger partial charge on any atom is -0.481 e. The SMILES string of the molecule is O=C(O)CC(NC(=O)N1CCOC(CO)C1)C(=O)O. The number of aliphatic hydroxyl groups is 1. The minimum atomic E-state index is -1.49. The summed E-state index contributed by atoms with van der Waals surface area (Å²) in [6, 6.07) is -2.17. The third-order valence-corrected chi connectivity index (χ3v) is 2.60. The van der Waals surface area contributed by atoms with Gasteiger partial charge in [0.1, 0.15) is 6.04 Å². The quantitative estimate of drug-likeness (QED) is 0.470. The first-order valence-corrected chi connectivity index (χ1v) is 5.66. The van der Waals surface area contributed by atoms with Gasteiger partial charge in [-0.15, -0.1) is 0 Å². The van der Waals surface area contributed by atoms with E-state index >= 15 is 0 Å². The number of carboxylic acids is 2. The summed E-state index contributed by atoms with van der Waals surface area (Å²) >= 11 is 0. The fourth-order valence-electron chi connectivity index (χ4n) is 1.63. The number of hydrogen-bond acceptors (Lipinski definition) is 5. The zero-order valence-corrected chi connectivity index (χ0v) is 10.1. The van der Waals surface area contributed by atoms with Crippen molar-refractivity contribution < 1.29 is 34.4 Å². The lowest BCUT2D eigenvalue weighted by Crippen LogP contribution is -2.54. The average Bonchev–Trinajstić information content (AvgIpc) is 2.37. The third-order valence-electron chi connectivity index (χ3n) is 2.60. The molecule has 0 aromatic carbocycles. The predicted octanol–water partition coefficient (Wildman–Crippen LogP) is -1.68. The monoisotopic (exact) mass is 276 g/mol. The first-order valence-electron chi connectivity index (χ1n) is 5.66. The number of amides is 2. The molecule has 0 saturated carbocycles. The van der Waals surface area contributed by atoms with E-state index in [2.05, 4.69) is 5.32 Å². The van der Waals surface area contributed by atoms with Crippen molar-refractivity contribution in [3.8, 4) is 0 Å². The standard InChI is InChI=1S/C10H16N2O7/c13-5-6-4-12(1-2-19-6)10(18)11-7(9(16)17)3-8(14)15/h6-7,13H,1-5H2,(H,11,18)(H,14,15)(H,16,17). The largest absolute Gasteiger partial charge is 0.481 e. The first kappa shape index (κ1) is 15.2. The van der Waals surface area contributed by atoms with Crippen LogP contribution in [-0.2, 0) is 14.3 Å². The van der Waals surface area contributed by atoms with Crippen LogP contribution in [0.3, 0.4) is 0 Å². The van der Waals surface area contributed by atoms with Crippen molar-refractivity contribution in [3.63, 3.8) is 0 Å². The van der Waals surface area contributed by atoms with Crippen molar-refractivity contribution in [2.24, 2.45) is 0 Å². The maximum Gasteiger partial charge on any atom is 0.326 e. The van der Waals surface area contributed by atoms with Crippen molar-refractivity contribution >= 4 is 18.0 Å². The van der Waals surface area contributed by atoms with Gasteiger partial charge in [0, 0.05) is 6.54 Å². The third kappa shape index (κ3) is 4.72. The molecule has 0 aromatic heterocycles. The number of morpholine rings is 1. The number of carbonyl (C=O) groups is 3. The van der Waals surface area contributed by atoms with Crippen molar-refractivity contribution in [1.29, 1.82) is 0 Å². The van der Waals surface area contributed by atoms with Crippen molar-refractivity contribution in [1.82, 2.24) is 10.2 Å². The molecule has 0 radical (unpaired) electrons. The van der Waals surface area contributed by atoms with E-state index in [1.807, 2.05) is 0 Å². The van der Waals surface area contributed by atoms with Crippen LogP contribution >= 0.6 is 0 Å². The number of urea groups is 1. The summed E-state index contributed by atoms with van der Waals surface area (Å²) in [6.07, 6.45) is -1.21. The summed E-state index contributed by atoms with van der Waals surface area (Å²) in [4.78, 5) is 34.4. The van der Waals surface area contributed by atoms with Gasteiger partial charge in [-0.2, -0.15) is 0 Å². The Morgan fingerprint density at radius 3 is 2.58 bits per heavy atom. The van der Waals surface area contributed by atoms with Gasteiger partial charge in [0.15, 0.2) is 0 Å². The molecule has 1 rings (SSSR count). The molecule has 108 valence electrons. The second-order valence-corrected chi connectivity index (χ2v) is 4.06. The van der Waals surface area contributed by atoms with Crippen LogP contribution in [0.4, 0.5) is 4.79 Å². The van der Waals surface area contributed by atoms with E-state index in [4.69, 9.17) is 20.1 Å². The highest BCUT2D eigenvalue weighted by Crippen LogP contribution is 2.05. The van der Waals surface area contributed by atoms with Crippen LogP contribution in [0.15, 0.2) is 0 Å². The molecule has 1 heterocycles. The second kappa shape index (κ2) is 6.90. The van der Waals surface area contributed by atoms with E-state index in [1.165, 1.54) is 4.90 Å². The number of aliphatic hydroxyl groups excluding tert-OH is 1. The van der Waals surface area contributed by atoms with Gasteiger partial charge in [0.25, 0.3) is 0 Å². The lowest BCUT2D eigenvalue weighted by molar-refractivity contribution is -0.145. The molecule has 1 fully saturated rings. The topological polar surface area (TPSA) is 136 Å². The summed E-state index contributed by atoms with van der Waals surface area (Å²) in [5.41, 5.74) is 0. The highest BCUT2D eigenvalue weighted by atomic mass is 16.5. The first-order chi connectivity index (χ1) is 8.93. The molecule has 1 aliphatic heterocycles. The Bertz CT molecular complexity index is 360. The van der Waals surface area contributed by atoms with Crippen LogP contribution in [0.5, 0.6) is 0 Å². The molecule has 2 amide bonds. The second-order valence-electron chi connectivity index (χ2n) is 4.06. The van der Waals surface area contributed by atoms with Crippen LogP contribution in [0.25, 0.3) is 0 Å². The van der Waals surface area contributed by atoms with E-state index in [0.717, 1.165) is 0 Å². The van der Waals surface area contributed by atoms with Gasteiger partial charge in [-0.25, -0.2) is 9.59 Å². The zero-order chi connectivity index (χ0) is 14.4. The zero-order valence-electron chi connectivity index (χ0n) is 10.1. The smallest absolute Gasteiger partial charge is 0.326 e. The minimum absolute atomic E-state index is 0.127. The Morgan fingerprint density at radius 2 is 2.05 bits per heavy atom. The summed E-state index contributed by atoms with van der Waals surface area (Å²) in [6.45, 7) is 0.361. The maximum atomic E-state index is 11.8. The van der Waals surface area contributed by atoms with Gasteiger partial charge >= 0.3 is 18.0 Å². The predicted molar refractivity (Wildman–Crippen MR) is 60.6 cm³/mol. The van der Waals surface area contributed by atoms with Gasteiger partial charge in [0.2, 0.25) is 0 Å². The van der Waals surface area contributed by atoms with Crippen LogP contribution in [0.2, 0.25) is 0 Å². The Labute approximate surface area is 108 Å². The average molecular weight is 276 g/mol. The van der Waals surface area contributed by atoms with Gasteiger partial charge in [0.05, 0.1) is 32.3 Å². The van der Waals surface area contributed by atoms with E-state index in [-0.39, 0.29) is 26.3 Å². The number of carbonyl (C=O) groups excluding carboxylic acids is 1. The molecule has 9 nitrogen and oxygen atoms in total. The van der Waals surface area contributed by atoms with Gasteiger partial charge in [-0.3, -0.25) is 4.79 Å². The number of carboxylic acid groups (broad SMARTS) is 2. The summed E-state index contributed by atoms with van der Waals surface area (Å²) < 4.78 is 5.14. The molecule has 19 heavy (non-hydrogen) atoms. The molecule has 0 aromatic rings. The molecule has 2 atom stereocenters. The van der Waals surface area contributed by atoms with Gasteiger partial charge in [-0.05, 0) is 0 Å². The number of nitrogens with zero attached hydrogens (tertiary/aromatic N) is 1. The van der Waals surface area contributed by atoms with Crippen LogP contribution in [0.1, 0.15) is 6.42 Å². The van der Waals surface area contributed by atoms with Crippen LogP contribution in [-0.4, -0.2) is 76.6 Å². The molecular weight excluding hydrogens is 260 g/mol. The molecule has 0 bridgehead atoms. The van der Waals surface area contributed by atoms with E-state index in [0.29, 0.717) is 0 Å². The highest BCUT2D eigenvalue weighted by Gasteiger charge is 2.28. The summed E-state index contributed by atoms with van der Waals surface area (Å²) in [7, 11) is 0. The molecule has 0 spiro atoms. The van der Waals surface area contributed by atoms with Gasteiger partial charge in [-0.1, -0.05) is 0 Å². The van der Waals surface area contributed by atoms with Crippen LogP contribution < -0.4 is 5.32 Å². The Hall–Kier alpha value is -1.87. The molecular formula is C10H16N2O7. The van der Waals surface area contributed by atoms with Gasteiger partial charge < -0.3 is 30.3 Å². The van der Waals surface area contributed by atoms with Crippen molar-refractivity contribution in [2.45, 2.75) is 18.6 Å². The van der Waals surface area contributed by atoms with E-state index in [1.54, 1.807) is 0 Å². The highest BCUT2D eigenvalue weighted by molar-refractivity contribution is 5.86.